The number of para-hydroxylation sites is 2. The predicted molar refractivity (Wildman–Crippen MR) is 83.7 cm³/mol. The van der Waals surface area contributed by atoms with Gasteiger partial charge in [0.2, 0.25) is 5.91 Å². The van der Waals surface area contributed by atoms with Gasteiger partial charge in [-0.05, 0) is 24.3 Å². The highest BCUT2D eigenvalue weighted by atomic mass is 16.3. The molecule has 118 valence electrons. The van der Waals surface area contributed by atoms with Crippen LogP contribution in [0, 0.1) is 0 Å². The molecule has 3 aromatic rings. The molecular weight excluding hydrogens is 296 g/mol. The molecule has 23 heavy (non-hydrogen) atoms. The number of hydrogen-bond acceptors (Lipinski definition) is 4. The number of carbonyl (C=O) groups excluding carboxylic acids is 2. The van der Waals surface area contributed by atoms with Crippen LogP contribution in [0.5, 0.6) is 0 Å². The Morgan fingerprint density at radius 2 is 2.04 bits per heavy atom. The van der Waals surface area contributed by atoms with Gasteiger partial charge in [0.1, 0.15) is 12.4 Å². The molecular formula is C16H16N4O3. The SMILES string of the molecule is NC(=O)Cn1c(CCNC(=O)c2ccco2)nc2ccccc21. The number of amides is 2. The smallest absolute Gasteiger partial charge is 0.286 e. The van der Waals surface area contributed by atoms with E-state index in [0.717, 1.165) is 11.0 Å². The summed E-state index contributed by atoms with van der Waals surface area (Å²) in [5.74, 6) is 0.238. The number of aromatic nitrogens is 2. The minimum Gasteiger partial charge on any atom is -0.459 e. The molecule has 2 heterocycles. The van der Waals surface area contributed by atoms with E-state index in [9.17, 15) is 9.59 Å². The molecule has 7 nitrogen and oxygen atoms in total. The molecule has 0 spiro atoms. The molecule has 0 saturated heterocycles. The summed E-state index contributed by atoms with van der Waals surface area (Å²) >= 11 is 0. The Balaban J connectivity index is 1.74. The molecule has 0 unspecified atom stereocenters. The Hall–Kier alpha value is -3.09. The van der Waals surface area contributed by atoms with Crippen LogP contribution in [-0.2, 0) is 17.8 Å². The number of primary amides is 1. The molecule has 0 aliphatic rings. The first kappa shape index (κ1) is 14.8. The highest BCUT2D eigenvalue weighted by molar-refractivity contribution is 5.91. The van der Waals surface area contributed by atoms with Crippen LogP contribution in [0.25, 0.3) is 11.0 Å². The van der Waals surface area contributed by atoms with Gasteiger partial charge in [-0.2, -0.15) is 0 Å². The average molecular weight is 312 g/mol. The summed E-state index contributed by atoms with van der Waals surface area (Å²) in [6.07, 6.45) is 1.93. The van der Waals surface area contributed by atoms with E-state index in [1.165, 1.54) is 6.26 Å². The van der Waals surface area contributed by atoms with Crippen molar-refractivity contribution >= 4 is 22.8 Å². The topological polar surface area (TPSA) is 103 Å². The molecule has 0 aliphatic heterocycles. The fourth-order valence-corrected chi connectivity index (χ4v) is 2.43. The lowest BCUT2D eigenvalue weighted by atomic mass is 10.3. The normalized spacial score (nSPS) is 10.8. The Labute approximate surface area is 132 Å². The number of benzene rings is 1. The summed E-state index contributed by atoms with van der Waals surface area (Å²) in [5.41, 5.74) is 6.95. The van der Waals surface area contributed by atoms with Gasteiger partial charge in [-0.25, -0.2) is 4.98 Å². The predicted octanol–water partition coefficient (Wildman–Crippen LogP) is 1.09. The summed E-state index contributed by atoms with van der Waals surface area (Å²) in [6.45, 7) is 0.434. The monoisotopic (exact) mass is 312 g/mol. The first-order valence-corrected chi connectivity index (χ1v) is 7.19. The van der Waals surface area contributed by atoms with Crippen molar-refractivity contribution in [3.8, 4) is 0 Å². The van der Waals surface area contributed by atoms with E-state index in [1.54, 1.807) is 16.7 Å². The van der Waals surface area contributed by atoms with E-state index in [4.69, 9.17) is 10.2 Å². The molecule has 1 aromatic carbocycles. The van der Waals surface area contributed by atoms with E-state index in [2.05, 4.69) is 10.3 Å². The summed E-state index contributed by atoms with van der Waals surface area (Å²) in [6, 6.07) is 10.8. The van der Waals surface area contributed by atoms with Crippen molar-refractivity contribution in [2.75, 3.05) is 6.54 Å². The standard InChI is InChI=1S/C16H16N4O3/c17-14(21)10-20-12-5-2-1-4-11(12)19-15(20)7-8-18-16(22)13-6-3-9-23-13/h1-6,9H,7-8,10H2,(H2,17,21)(H,18,22). The second-order valence-electron chi connectivity index (χ2n) is 5.05. The second kappa shape index (κ2) is 6.35. The van der Waals surface area contributed by atoms with Crippen LogP contribution < -0.4 is 11.1 Å². The average Bonchev–Trinajstić information content (AvgIpc) is 3.16. The second-order valence-corrected chi connectivity index (χ2v) is 5.05. The van der Waals surface area contributed by atoms with Crippen LogP contribution in [0.15, 0.2) is 47.1 Å². The van der Waals surface area contributed by atoms with Crippen molar-refractivity contribution in [1.82, 2.24) is 14.9 Å². The van der Waals surface area contributed by atoms with E-state index in [1.807, 2.05) is 24.3 Å². The van der Waals surface area contributed by atoms with Gasteiger partial charge in [0, 0.05) is 13.0 Å². The number of nitrogens with zero attached hydrogens (tertiary/aromatic N) is 2. The van der Waals surface area contributed by atoms with E-state index in [0.29, 0.717) is 18.8 Å². The number of nitrogens with one attached hydrogen (secondary N) is 1. The lowest BCUT2D eigenvalue weighted by Crippen LogP contribution is -2.27. The Morgan fingerprint density at radius 1 is 1.22 bits per heavy atom. The van der Waals surface area contributed by atoms with Gasteiger partial charge in [0.05, 0.1) is 17.3 Å². The van der Waals surface area contributed by atoms with Crippen molar-refractivity contribution in [3.05, 3.63) is 54.2 Å². The van der Waals surface area contributed by atoms with Gasteiger partial charge in [0.25, 0.3) is 5.91 Å². The van der Waals surface area contributed by atoms with Gasteiger partial charge in [0.15, 0.2) is 5.76 Å². The Bertz CT molecular complexity index is 836. The Kier molecular flexibility index (Phi) is 4.09. The van der Waals surface area contributed by atoms with E-state index < -0.39 is 5.91 Å². The van der Waals surface area contributed by atoms with Gasteiger partial charge in [-0.1, -0.05) is 12.1 Å². The molecule has 7 heteroatoms. The number of carbonyl (C=O) groups is 2. The summed E-state index contributed by atoms with van der Waals surface area (Å²) in [4.78, 5) is 27.6. The number of rotatable bonds is 6. The molecule has 0 fully saturated rings. The van der Waals surface area contributed by atoms with Gasteiger partial charge in [-0.15, -0.1) is 0 Å². The molecule has 2 amide bonds. The van der Waals surface area contributed by atoms with E-state index >= 15 is 0 Å². The summed E-state index contributed by atoms with van der Waals surface area (Å²) < 4.78 is 6.80. The van der Waals surface area contributed by atoms with Crippen LogP contribution in [0.2, 0.25) is 0 Å². The maximum atomic E-state index is 11.8. The van der Waals surface area contributed by atoms with Gasteiger partial charge in [-0.3, -0.25) is 9.59 Å². The summed E-state index contributed by atoms with van der Waals surface area (Å²) in [5, 5.41) is 2.76. The van der Waals surface area contributed by atoms with Crippen LogP contribution in [-0.4, -0.2) is 27.9 Å². The molecule has 2 aromatic heterocycles. The number of imidazole rings is 1. The maximum Gasteiger partial charge on any atom is 0.286 e. The van der Waals surface area contributed by atoms with Crippen LogP contribution in [0.1, 0.15) is 16.4 Å². The zero-order valence-electron chi connectivity index (χ0n) is 12.4. The third kappa shape index (κ3) is 3.23. The third-order valence-corrected chi connectivity index (χ3v) is 3.43. The Morgan fingerprint density at radius 3 is 2.78 bits per heavy atom. The highest BCUT2D eigenvalue weighted by Gasteiger charge is 2.13. The lowest BCUT2D eigenvalue weighted by molar-refractivity contribution is -0.118. The molecule has 0 aliphatic carbocycles. The van der Waals surface area contributed by atoms with Gasteiger partial charge >= 0.3 is 0 Å². The molecule has 3 rings (SSSR count). The van der Waals surface area contributed by atoms with Crippen molar-refractivity contribution < 1.29 is 14.0 Å². The number of fused-ring (bicyclic) bond motifs is 1. The molecule has 3 N–H and O–H groups in total. The van der Waals surface area contributed by atoms with Crippen LogP contribution in [0.4, 0.5) is 0 Å². The number of nitrogens with two attached hydrogens (primary N) is 1. The van der Waals surface area contributed by atoms with Crippen molar-refractivity contribution in [1.29, 1.82) is 0 Å². The van der Waals surface area contributed by atoms with Crippen molar-refractivity contribution in [2.45, 2.75) is 13.0 Å². The third-order valence-electron chi connectivity index (χ3n) is 3.43. The fraction of sp³-hybridized carbons (Fsp3) is 0.188. The zero-order valence-corrected chi connectivity index (χ0v) is 12.4. The number of furan rings is 1. The first-order chi connectivity index (χ1) is 11.1. The molecule has 0 bridgehead atoms. The van der Waals surface area contributed by atoms with E-state index in [-0.39, 0.29) is 18.2 Å². The molecule has 0 saturated carbocycles. The van der Waals surface area contributed by atoms with Crippen LogP contribution >= 0.6 is 0 Å². The number of hydrogen-bond donors (Lipinski definition) is 2. The van der Waals surface area contributed by atoms with Crippen molar-refractivity contribution in [2.24, 2.45) is 5.73 Å². The quantitative estimate of drug-likeness (QED) is 0.711. The zero-order chi connectivity index (χ0) is 16.2. The molecule has 0 radical (unpaired) electrons. The largest absolute Gasteiger partial charge is 0.459 e. The maximum absolute atomic E-state index is 11.8. The summed E-state index contributed by atoms with van der Waals surface area (Å²) in [7, 11) is 0. The minimum absolute atomic E-state index is 0.0575. The fourth-order valence-electron chi connectivity index (χ4n) is 2.43. The first-order valence-electron chi connectivity index (χ1n) is 7.19. The lowest BCUT2D eigenvalue weighted by Gasteiger charge is -2.07. The molecule has 0 atom stereocenters. The highest BCUT2D eigenvalue weighted by Crippen LogP contribution is 2.16. The van der Waals surface area contributed by atoms with Crippen LogP contribution in [0.3, 0.4) is 0 Å². The van der Waals surface area contributed by atoms with Gasteiger partial charge < -0.3 is 20.0 Å². The van der Waals surface area contributed by atoms with Crippen molar-refractivity contribution in [3.63, 3.8) is 0 Å². The minimum atomic E-state index is -0.436.